The molecule has 1 aliphatic rings. The van der Waals surface area contributed by atoms with Gasteiger partial charge in [0, 0.05) is 37.2 Å². The van der Waals surface area contributed by atoms with Gasteiger partial charge in [-0.15, -0.1) is 0 Å². The number of carbonyl (C=O) groups is 2. The number of nitriles is 1. The molecule has 0 aliphatic carbocycles. The van der Waals surface area contributed by atoms with E-state index in [1.165, 1.54) is 11.8 Å². The molecule has 1 N–H and O–H groups in total. The zero-order valence-electron chi connectivity index (χ0n) is 19.8. The Morgan fingerprint density at radius 1 is 1.08 bits per heavy atom. The molecule has 0 radical (unpaired) electrons. The second-order valence-corrected chi connectivity index (χ2v) is 9.09. The number of urea groups is 1. The van der Waals surface area contributed by atoms with Crippen molar-refractivity contribution in [2.24, 2.45) is 0 Å². The van der Waals surface area contributed by atoms with E-state index in [-0.39, 0.29) is 23.9 Å². The van der Waals surface area contributed by atoms with E-state index in [0.717, 1.165) is 11.3 Å². The number of piperidine rings is 1. The number of hydrogen-bond donors (Lipinski definition) is 1. The van der Waals surface area contributed by atoms with E-state index >= 15 is 0 Å². The molecule has 0 unspecified atom stereocenters. The van der Waals surface area contributed by atoms with Gasteiger partial charge in [-0.2, -0.15) is 5.26 Å². The lowest BCUT2D eigenvalue weighted by Crippen LogP contribution is -2.43. The van der Waals surface area contributed by atoms with Gasteiger partial charge in [0.25, 0.3) is 0 Å². The van der Waals surface area contributed by atoms with E-state index in [2.05, 4.69) is 16.4 Å². The molecule has 0 saturated carbocycles. The number of aromatic nitrogens is 1. The molecule has 0 atom stereocenters. The number of anilines is 1. The number of rotatable bonds is 7. The number of amides is 2. The molecule has 0 spiro atoms. The second kappa shape index (κ2) is 12.1. The molecule has 36 heavy (non-hydrogen) atoms. The number of nitrogens with one attached hydrogen (secondary N) is 1. The number of hydrogen-bond acceptors (Lipinski definition) is 7. The molecule has 1 aliphatic heterocycles. The molecule has 1 fully saturated rings. The van der Waals surface area contributed by atoms with Gasteiger partial charge in [0.1, 0.15) is 22.9 Å². The number of pyridine rings is 1. The van der Waals surface area contributed by atoms with Crippen LogP contribution in [0.1, 0.15) is 18.4 Å². The molecule has 1 aromatic heterocycles. The number of benzene rings is 2. The van der Waals surface area contributed by atoms with Crippen LogP contribution in [0.3, 0.4) is 0 Å². The van der Waals surface area contributed by atoms with Crippen molar-refractivity contribution in [3.05, 3.63) is 72.3 Å². The predicted molar refractivity (Wildman–Crippen MR) is 138 cm³/mol. The minimum Gasteiger partial charge on any atom is -0.496 e. The average Bonchev–Trinajstić information content (AvgIpc) is 2.92. The molecule has 3 aromatic rings. The maximum Gasteiger partial charge on any atom is 0.321 e. The highest BCUT2D eigenvalue weighted by Gasteiger charge is 2.25. The van der Waals surface area contributed by atoms with Crippen LogP contribution in [0.2, 0.25) is 0 Å². The third-order valence-corrected chi connectivity index (χ3v) is 6.71. The van der Waals surface area contributed by atoms with E-state index in [1.54, 1.807) is 24.1 Å². The zero-order valence-corrected chi connectivity index (χ0v) is 20.7. The van der Waals surface area contributed by atoms with Crippen LogP contribution in [0.15, 0.2) is 71.8 Å². The van der Waals surface area contributed by atoms with Gasteiger partial charge < -0.3 is 19.7 Å². The average molecular weight is 503 g/mol. The first-order chi connectivity index (χ1) is 17.6. The smallest absolute Gasteiger partial charge is 0.321 e. The molecule has 8 nitrogen and oxygen atoms in total. The molecule has 2 heterocycles. The van der Waals surface area contributed by atoms with Crippen LogP contribution >= 0.6 is 11.8 Å². The molecule has 0 bridgehead atoms. The molecular weight excluding hydrogens is 476 g/mol. The lowest BCUT2D eigenvalue weighted by molar-refractivity contribution is -0.147. The Morgan fingerprint density at radius 2 is 1.81 bits per heavy atom. The van der Waals surface area contributed by atoms with Crippen molar-refractivity contribution in [2.75, 3.05) is 31.3 Å². The molecule has 4 rings (SSSR count). The van der Waals surface area contributed by atoms with Crippen LogP contribution in [0.25, 0.3) is 11.3 Å². The van der Waals surface area contributed by atoms with Crippen LogP contribution in [-0.2, 0) is 9.53 Å². The van der Waals surface area contributed by atoms with Gasteiger partial charge >= 0.3 is 12.0 Å². The molecule has 1 saturated heterocycles. The topological polar surface area (TPSA) is 105 Å². The van der Waals surface area contributed by atoms with Crippen molar-refractivity contribution < 1.29 is 19.1 Å². The van der Waals surface area contributed by atoms with Crippen LogP contribution in [-0.4, -0.2) is 53.9 Å². The summed E-state index contributed by atoms with van der Waals surface area (Å²) in [6, 6.07) is 22.2. The highest BCUT2D eigenvalue weighted by molar-refractivity contribution is 7.99. The Hall–Kier alpha value is -4.03. The standard InChI is InChI=1S/C27H26N4O4S/c1-34-24-10-6-5-9-22(24)23-12-11-19(17-28)26(30-23)36-18-25(32)35-21-13-15-31(16-14-21)27(33)29-20-7-3-2-4-8-20/h2-12,21H,13-16,18H2,1H3,(H,29,33). The summed E-state index contributed by atoms with van der Waals surface area (Å²) in [6.45, 7) is 1.01. The summed E-state index contributed by atoms with van der Waals surface area (Å²) in [5.41, 5.74) is 2.60. The number of esters is 1. The van der Waals surface area contributed by atoms with E-state index in [1.807, 2.05) is 54.6 Å². The summed E-state index contributed by atoms with van der Waals surface area (Å²) in [4.78, 5) is 31.3. The SMILES string of the molecule is COc1ccccc1-c1ccc(C#N)c(SCC(=O)OC2CCN(C(=O)Nc3ccccc3)CC2)n1. The fourth-order valence-electron chi connectivity index (χ4n) is 3.89. The Kier molecular flexibility index (Phi) is 8.42. The van der Waals surface area contributed by atoms with E-state index in [4.69, 9.17) is 9.47 Å². The Morgan fingerprint density at radius 3 is 2.53 bits per heavy atom. The van der Waals surface area contributed by atoms with Crippen molar-refractivity contribution >= 4 is 29.4 Å². The highest BCUT2D eigenvalue weighted by Crippen LogP contribution is 2.31. The number of thioether (sulfide) groups is 1. The van der Waals surface area contributed by atoms with E-state index < -0.39 is 0 Å². The zero-order chi connectivity index (χ0) is 25.3. The van der Waals surface area contributed by atoms with Gasteiger partial charge in [0.15, 0.2) is 0 Å². The van der Waals surface area contributed by atoms with Gasteiger partial charge in [-0.25, -0.2) is 9.78 Å². The summed E-state index contributed by atoms with van der Waals surface area (Å²) in [7, 11) is 1.59. The monoisotopic (exact) mass is 502 g/mol. The number of methoxy groups -OCH3 is 1. The van der Waals surface area contributed by atoms with Crippen molar-refractivity contribution in [2.45, 2.75) is 24.0 Å². The third-order valence-electron chi connectivity index (χ3n) is 5.74. The quantitative estimate of drug-likeness (QED) is 0.360. The Balaban J connectivity index is 1.29. The highest BCUT2D eigenvalue weighted by atomic mass is 32.2. The third kappa shape index (κ3) is 6.34. The van der Waals surface area contributed by atoms with Crippen LogP contribution in [0, 0.1) is 11.3 Å². The fraction of sp³-hybridized carbons (Fsp3) is 0.259. The number of ether oxygens (including phenoxy) is 2. The van der Waals surface area contributed by atoms with E-state index in [0.29, 0.717) is 48.0 Å². The number of likely N-dealkylation sites (tertiary alicyclic amines) is 1. The van der Waals surface area contributed by atoms with Crippen molar-refractivity contribution in [1.82, 2.24) is 9.88 Å². The number of para-hydroxylation sites is 2. The summed E-state index contributed by atoms with van der Waals surface area (Å²) >= 11 is 1.17. The number of carbonyl (C=O) groups excluding carboxylic acids is 2. The summed E-state index contributed by atoms with van der Waals surface area (Å²) in [5.74, 6) is 0.334. The van der Waals surface area contributed by atoms with Crippen molar-refractivity contribution in [3.63, 3.8) is 0 Å². The Bertz CT molecular complexity index is 1250. The largest absolute Gasteiger partial charge is 0.496 e. The minimum atomic E-state index is -0.374. The normalized spacial score (nSPS) is 13.5. The van der Waals surface area contributed by atoms with Crippen LogP contribution in [0.4, 0.5) is 10.5 Å². The van der Waals surface area contributed by atoms with Crippen LogP contribution in [0.5, 0.6) is 5.75 Å². The summed E-state index contributed by atoms with van der Waals surface area (Å²) in [5, 5.41) is 12.8. The van der Waals surface area contributed by atoms with Gasteiger partial charge in [-0.05, 0) is 36.4 Å². The molecule has 2 amide bonds. The first-order valence-electron chi connectivity index (χ1n) is 11.5. The van der Waals surface area contributed by atoms with E-state index in [9.17, 15) is 14.9 Å². The summed E-state index contributed by atoms with van der Waals surface area (Å²) < 4.78 is 11.1. The molecule has 9 heteroatoms. The molecular formula is C27H26N4O4S. The Labute approximate surface area is 214 Å². The van der Waals surface area contributed by atoms with Crippen molar-refractivity contribution in [3.8, 4) is 23.1 Å². The van der Waals surface area contributed by atoms with Gasteiger partial charge in [0.05, 0.1) is 24.1 Å². The molecule has 2 aromatic carbocycles. The van der Waals surface area contributed by atoms with Gasteiger partial charge in [-0.1, -0.05) is 42.1 Å². The predicted octanol–water partition coefficient (Wildman–Crippen LogP) is 4.96. The molecule has 184 valence electrons. The number of nitrogens with zero attached hydrogens (tertiary/aromatic N) is 3. The maximum atomic E-state index is 12.5. The lowest BCUT2D eigenvalue weighted by Gasteiger charge is -2.31. The first kappa shape index (κ1) is 25.1. The fourth-order valence-corrected chi connectivity index (χ4v) is 4.64. The lowest BCUT2D eigenvalue weighted by atomic mass is 10.1. The maximum absolute atomic E-state index is 12.5. The van der Waals surface area contributed by atoms with Gasteiger partial charge in [-0.3, -0.25) is 4.79 Å². The minimum absolute atomic E-state index is 0.0335. The van der Waals surface area contributed by atoms with Gasteiger partial charge in [0.2, 0.25) is 0 Å². The van der Waals surface area contributed by atoms with Crippen molar-refractivity contribution in [1.29, 1.82) is 5.26 Å². The summed E-state index contributed by atoms with van der Waals surface area (Å²) in [6.07, 6.45) is 0.898. The first-order valence-corrected chi connectivity index (χ1v) is 12.5. The second-order valence-electron chi connectivity index (χ2n) is 8.12. The van der Waals surface area contributed by atoms with Crippen LogP contribution < -0.4 is 10.1 Å².